The molecule has 0 saturated carbocycles. The molecule has 0 spiro atoms. The van der Waals surface area contributed by atoms with E-state index in [1.165, 1.54) is 6.26 Å². The van der Waals surface area contributed by atoms with Crippen LogP contribution in [-0.4, -0.2) is 86.9 Å². The molecular formula is C27H29F3N4O7. The highest BCUT2D eigenvalue weighted by Gasteiger charge is 2.38. The molecule has 0 aliphatic carbocycles. The minimum absolute atomic E-state index is 0.181. The van der Waals surface area contributed by atoms with Crippen molar-refractivity contribution in [2.24, 2.45) is 0 Å². The number of aliphatic carboxylic acids is 1. The van der Waals surface area contributed by atoms with Gasteiger partial charge in [0.2, 0.25) is 5.89 Å². The van der Waals surface area contributed by atoms with Crippen molar-refractivity contribution < 1.29 is 46.6 Å². The molecule has 1 saturated heterocycles. The van der Waals surface area contributed by atoms with Gasteiger partial charge >= 0.3 is 18.2 Å². The quantitative estimate of drug-likeness (QED) is 0.464. The number of oxazole rings is 1. The van der Waals surface area contributed by atoms with E-state index in [-0.39, 0.29) is 24.8 Å². The van der Waals surface area contributed by atoms with Crippen molar-refractivity contribution in [1.82, 2.24) is 19.8 Å². The average molecular weight is 579 g/mol. The molecule has 1 aliphatic heterocycles. The first-order valence-corrected chi connectivity index (χ1v) is 12.4. The number of aromatic nitrogens is 2. The van der Waals surface area contributed by atoms with Crippen molar-refractivity contribution in [3.05, 3.63) is 66.8 Å². The summed E-state index contributed by atoms with van der Waals surface area (Å²) in [5.41, 5.74) is 0.379. The van der Waals surface area contributed by atoms with Gasteiger partial charge in [-0.1, -0.05) is 18.2 Å². The fourth-order valence-corrected chi connectivity index (χ4v) is 3.61. The summed E-state index contributed by atoms with van der Waals surface area (Å²) < 4.78 is 48.7. The van der Waals surface area contributed by atoms with Crippen molar-refractivity contribution in [3.8, 4) is 17.2 Å². The maximum Gasteiger partial charge on any atom is 0.490 e. The Bertz CT molecular complexity index is 1310. The third-order valence-corrected chi connectivity index (χ3v) is 5.46. The molecule has 2 amide bonds. The number of nitrogens with zero attached hydrogens (tertiary/aromatic N) is 4. The standard InChI is InChI=1S/C25H28N4O5.C2HF3O2/c1-25(2,3)34-24(31)28-12-13-29(19(15-28)16-32-20-10-7-11-26-14-20)23(30)21-17-33-22(27-21)18-8-5-4-6-9-18;3-2(4,5)1(6)7/h4-11,14,17,19H,12-13,15-16H2,1-3H3;(H,6,7). The predicted molar refractivity (Wildman–Crippen MR) is 138 cm³/mol. The number of benzene rings is 1. The van der Waals surface area contributed by atoms with Gasteiger partial charge in [-0.25, -0.2) is 14.6 Å². The number of pyridine rings is 1. The van der Waals surface area contributed by atoms with Crippen LogP contribution >= 0.6 is 0 Å². The number of carboxylic acids is 1. The van der Waals surface area contributed by atoms with Gasteiger partial charge in [0.1, 0.15) is 24.2 Å². The molecule has 1 N–H and O–H groups in total. The van der Waals surface area contributed by atoms with Crippen LogP contribution in [0.5, 0.6) is 5.75 Å². The fourth-order valence-electron chi connectivity index (χ4n) is 3.61. The number of hydrogen-bond donors (Lipinski definition) is 1. The lowest BCUT2D eigenvalue weighted by Crippen LogP contribution is -2.59. The van der Waals surface area contributed by atoms with E-state index in [1.54, 1.807) is 34.3 Å². The Kier molecular flexibility index (Phi) is 9.92. The van der Waals surface area contributed by atoms with Gasteiger partial charge in [-0.15, -0.1) is 0 Å². The van der Waals surface area contributed by atoms with Crippen LogP contribution in [0.4, 0.5) is 18.0 Å². The summed E-state index contributed by atoms with van der Waals surface area (Å²) in [5, 5.41) is 7.12. The smallest absolute Gasteiger partial charge is 0.490 e. The zero-order valence-electron chi connectivity index (χ0n) is 22.5. The Morgan fingerprint density at radius 2 is 1.76 bits per heavy atom. The number of rotatable bonds is 5. The number of halogens is 3. The molecule has 0 bridgehead atoms. The molecule has 41 heavy (non-hydrogen) atoms. The van der Waals surface area contributed by atoms with Crippen LogP contribution < -0.4 is 4.74 Å². The third-order valence-electron chi connectivity index (χ3n) is 5.46. The van der Waals surface area contributed by atoms with Crippen LogP contribution in [0, 0.1) is 0 Å². The first-order valence-electron chi connectivity index (χ1n) is 12.4. The van der Waals surface area contributed by atoms with E-state index in [2.05, 4.69) is 9.97 Å². The first-order chi connectivity index (χ1) is 19.2. The summed E-state index contributed by atoms with van der Waals surface area (Å²) in [5.74, 6) is -2.08. The topological polar surface area (TPSA) is 135 Å². The van der Waals surface area contributed by atoms with Crippen LogP contribution in [0.3, 0.4) is 0 Å². The predicted octanol–water partition coefficient (Wildman–Crippen LogP) is 4.51. The Labute approximate surface area is 233 Å². The minimum Gasteiger partial charge on any atom is -0.490 e. The first kappa shape index (κ1) is 30.9. The molecule has 3 aromatic rings. The number of carboxylic acid groups (broad SMARTS) is 1. The SMILES string of the molecule is CC(C)(C)OC(=O)N1CCN(C(=O)c2coc(-c3ccccc3)n2)C(COc2cccnc2)C1.O=C(O)C(F)(F)F. The molecule has 2 aromatic heterocycles. The highest BCUT2D eigenvalue weighted by Crippen LogP contribution is 2.22. The summed E-state index contributed by atoms with van der Waals surface area (Å²) in [6.45, 7) is 6.57. The van der Waals surface area contributed by atoms with E-state index in [0.29, 0.717) is 24.7 Å². The van der Waals surface area contributed by atoms with Gasteiger partial charge in [0, 0.05) is 31.4 Å². The van der Waals surface area contributed by atoms with Crippen molar-refractivity contribution in [2.45, 2.75) is 38.6 Å². The highest BCUT2D eigenvalue weighted by molar-refractivity contribution is 5.93. The monoisotopic (exact) mass is 578 g/mol. The zero-order valence-corrected chi connectivity index (χ0v) is 22.5. The van der Waals surface area contributed by atoms with Gasteiger partial charge in [0.05, 0.1) is 12.2 Å². The van der Waals surface area contributed by atoms with Crippen molar-refractivity contribution in [3.63, 3.8) is 0 Å². The lowest BCUT2D eigenvalue weighted by atomic mass is 10.1. The van der Waals surface area contributed by atoms with Gasteiger partial charge in [-0.2, -0.15) is 13.2 Å². The number of piperazine rings is 1. The molecule has 1 aromatic carbocycles. The third kappa shape index (κ3) is 9.22. The Hall–Kier alpha value is -4.62. The number of carbonyl (C=O) groups excluding carboxylic acids is 2. The van der Waals surface area contributed by atoms with Gasteiger partial charge < -0.3 is 28.8 Å². The minimum atomic E-state index is -5.08. The number of ether oxygens (including phenoxy) is 2. The van der Waals surface area contributed by atoms with Gasteiger partial charge in [-0.05, 0) is 45.0 Å². The van der Waals surface area contributed by atoms with Gasteiger partial charge in [0.15, 0.2) is 5.69 Å². The molecule has 14 heteroatoms. The summed E-state index contributed by atoms with van der Waals surface area (Å²) in [6.07, 6.45) is -0.879. The van der Waals surface area contributed by atoms with E-state index >= 15 is 0 Å². The summed E-state index contributed by atoms with van der Waals surface area (Å²) in [6, 6.07) is 12.5. The Balaban J connectivity index is 0.000000587. The molecule has 4 rings (SSSR count). The lowest BCUT2D eigenvalue weighted by Gasteiger charge is -2.41. The molecule has 220 valence electrons. The maximum atomic E-state index is 13.4. The summed E-state index contributed by atoms with van der Waals surface area (Å²) in [4.78, 5) is 46.7. The average Bonchev–Trinajstić information content (AvgIpc) is 3.42. The fraction of sp³-hybridized carbons (Fsp3) is 0.370. The van der Waals surface area contributed by atoms with Crippen molar-refractivity contribution in [2.75, 3.05) is 26.2 Å². The van der Waals surface area contributed by atoms with Crippen molar-refractivity contribution in [1.29, 1.82) is 0 Å². The molecule has 11 nitrogen and oxygen atoms in total. The Morgan fingerprint density at radius 1 is 1.07 bits per heavy atom. The number of amides is 2. The van der Waals surface area contributed by atoms with Crippen molar-refractivity contribution >= 4 is 18.0 Å². The van der Waals surface area contributed by atoms with Gasteiger partial charge in [0.25, 0.3) is 5.91 Å². The van der Waals surface area contributed by atoms with Gasteiger partial charge in [-0.3, -0.25) is 9.78 Å². The molecule has 3 heterocycles. The number of hydrogen-bond acceptors (Lipinski definition) is 8. The van der Waals surface area contributed by atoms with Crippen LogP contribution in [0.1, 0.15) is 31.3 Å². The van der Waals surface area contributed by atoms with Crippen LogP contribution in [0.25, 0.3) is 11.5 Å². The van der Waals surface area contributed by atoms with E-state index in [1.807, 2.05) is 51.1 Å². The van der Waals surface area contributed by atoms with E-state index in [0.717, 1.165) is 5.56 Å². The van der Waals surface area contributed by atoms with Crippen LogP contribution in [0.15, 0.2) is 65.5 Å². The molecule has 1 aliphatic rings. The normalized spacial score (nSPS) is 15.4. The summed E-state index contributed by atoms with van der Waals surface area (Å²) in [7, 11) is 0. The molecular weight excluding hydrogens is 549 g/mol. The second-order valence-electron chi connectivity index (χ2n) is 9.79. The van der Waals surface area contributed by atoms with E-state index < -0.39 is 29.9 Å². The second kappa shape index (κ2) is 13.2. The zero-order chi connectivity index (χ0) is 30.2. The largest absolute Gasteiger partial charge is 0.490 e. The summed E-state index contributed by atoms with van der Waals surface area (Å²) >= 11 is 0. The van der Waals surface area contributed by atoms with Crippen LogP contribution in [-0.2, 0) is 9.53 Å². The number of carbonyl (C=O) groups is 3. The highest BCUT2D eigenvalue weighted by atomic mass is 19.4. The number of alkyl halides is 3. The maximum absolute atomic E-state index is 13.4. The second-order valence-corrected chi connectivity index (χ2v) is 9.79. The Morgan fingerprint density at radius 3 is 2.34 bits per heavy atom. The lowest BCUT2D eigenvalue weighted by molar-refractivity contribution is -0.192. The molecule has 1 unspecified atom stereocenters. The molecule has 1 fully saturated rings. The molecule has 0 radical (unpaired) electrons. The van der Waals surface area contributed by atoms with E-state index in [9.17, 15) is 22.8 Å². The molecule has 1 atom stereocenters. The van der Waals surface area contributed by atoms with Crippen LogP contribution in [0.2, 0.25) is 0 Å². The van der Waals surface area contributed by atoms with E-state index in [4.69, 9.17) is 23.8 Å².